The summed E-state index contributed by atoms with van der Waals surface area (Å²) in [5.41, 5.74) is 8.05. The number of carbonyl (C=O) groups excluding carboxylic acids is 2. The van der Waals surface area contributed by atoms with E-state index in [0.717, 1.165) is 18.4 Å². The van der Waals surface area contributed by atoms with E-state index in [-0.39, 0.29) is 17.7 Å². The largest absolute Gasteiger partial charge is 0.352 e. The van der Waals surface area contributed by atoms with Crippen LogP contribution in [-0.2, 0) is 11.3 Å². The van der Waals surface area contributed by atoms with Gasteiger partial charge < -0.3 is 16.0 Å². The second-order valence-electron chi connectivity index (χ2n) is 8.09. The zero-order valence-corrected chi connectivity index (χ0v) is 16.6. The van der Waals surface area contributed by atoms with Crippen molar-refractivity contribution in [2.75, 3.05) is 13.1 Å². The lowest BCUT2D eigenvalue weighted by Crippen LogP contribution is -2.49. The number of hydrogen-bond donors (Lipinski definition) is 2. The average Bonchev–Trinajstić information content (AvgIpc) is 2.67. The highest BCUT2D eigenvalue weighted by Crippen LogP contribution is 2.41. The van der Waals surface area contributed by atoms with Crippen molar-refractivity contribution in [2.24, 2.45) is 23.5 Å². The Kier molecular flexibility index (Phi) is 6.53. The van der Waals surface area contributed by atoms with Crippen molar-refractivity contribution in [3.05, 3.63) is 35.4 Å². The molecule has 0 saturated heterocycles. The van der Waals surface area contributed by atoms with E-state index >= 15 is 0 Å². The first kappa shape index (κ1) is 19.9. The Morgan fingerprint density at radius 3 is 2.22 bits per heavy atom. The van der Waals surface area contributed by atoms with Crippen LogP contribution in [0, 0.1) is 17.8 Å². The van der Waals surface area contributed by atoms with E-state index in [0.29, 0.717) is 43.1 Å². The second kappa shape index (κ2) is 8.87. The van der Waals surface area contributed by atoms with Crippen LogP contribution in [0.25, 0.3) is 0 Å². The minimum absolute atomic E-state index is 0.0562. The number of rotatable bonds is 6. The van der Waals surface area contributed by atoms with Crippen LogP contribution in [0.1, 0.15) is 61.9 Å². The first-order valence-electron chi connectivity index (χ1n) is 10.4. The fraction of sp³-hybridized carbons (Fsp3) is 0.636. The Balaban J connectivity index is 1.53. The first-order valence-corrected chi connectivity index (χ1v) is 10.4. The third-order valence-corrected chi connectivity index (χ3v) is 6.50. The van der Waals surface area contributed by atoms with Crippen LogP contribution >= 0.6 is 0 Å². The fourth-order valence-electron chi connectivity index (χ4n) is 4.80. The Morgan fingerprint density at radius 1 is 1.07 bits per heavy atom. The highest BCUT2D eigenvalue weighted by molar-refractivity contribution is 5.94. The van der Waals surface area contributed by atoms with Crippen molar-refractivity contribution in [3.8, 4) is 0 Å². The van der Waals surface area contributed by atoms with E-state index < -0.39 is 0 Å². The molecule has 2 saturated carbocycles. The number of hydrogen-bond acceptors (Lipinski definition) is 3. The minimum Gasteiger partial charge on any atom is -0.352 e. The predicted molar refractivity (Wildman–Crippen MR) is 107 cm³/mol. The third kappa shape index (κ3) is 4.52. The monoisotopic (exact) mass is 371 g/mol. The van der Waals surface area contributed by atoms with Gasteiger partial charge in [-0.3, -0.25) is 9.59 Å². The molecule has 1 aromatic carbocycles. The Hall–Kier alpha value is -1.88. The summed E-state index contributed by atoms with van der Waals surface area (Å²) in [4.78, 5) is 26.8. The van der Waals surface area contributed by atoms with Crippen LogP contribution in [0.2, 0.25) is 0 Å². The summed E-state index contributed by atoms with van der Waals surface area (Å²) >= 11 is 0. The number of nitrogens with one attached hydrogen (secondary N) is 1. The van der Waals surface area contributed by atoms with E-state index in [9.17, 15) is 9.59 Å². The smallest absolute Gasteiger partial charge is 0.253 e. The summed E-state index contributed by atoms with van der Waals surface area (Å²) in [6.45, 7) is 5.89. The molecule has 0 aliphatic heterocycles. The molecule has 3 N–H and O–H groups in total. The standard InChI is InChI=1S/C22H33N3O2/c1-3-25(4-2)22(27)16-10-8-15(9-11-16)14-24-21(26)19-12-17-6-5-7-18(13-19)20(17)23/h8-11,17-20H,3-7,12-14,23H2,1-2H3,(H,24,26). The molecule has 2 unspecified atom stereocenters. The maximum atomic E-state index is 12.6. The van der Waals surface area contributed by atoms with Crippen molar-refractivity contribution in [3.63, 3.8) is 0 Å². The topological polar surface area (TPSA) is 75.4 Å². The van der Waals surface area contributed by atoms with Gasteiger partial charge >= 0.3 is 0 Å². The maximum absolute atomic E-state index is 12.6. The third-order valence-electron chi connectivity index (χ3n) is 6.50. The van der Waals surface area contributed by atoms with Crippen LogP contribution in [0.3, 0.4) is 0 Å². The molecule has 27 heavy (non-hydrogen) atoms. The van der Waals surface area contributed by atoms with Gasteiger partial charge in [-0.1, -0.05) is 18.6 Å². The van der Waals surface area contributed by atoms with E-state index in [1.54, 1.807) is 4.90 Å². The Labute approximate surface area is 162 Å². The number of amides is 2. The van der Waals surface area contributed by atoms with Gasteiger partial charge in [0.25, 0.3) is 5.91 Å². The summed E-state index contributed by atoms with van der Waals surface area (Å²) in [5.74, 6) is 1.34. The molecule has 5 heteroatoms. The zero-order chi connectivity index (χ0) is 19.4. The molecule has 5 nitrogen and oxygen atoms in total. The van der Waals surface area contributed by atoms with Crippen molar-refractivity contribution < 1.29 is 9.59 Å². The average molecular weight is 372 g/mol. The number of carbonyl (C=O) groups is 2. The van der Waals surface area contributed by atoms with E-state index in [2.05, 4.69) is 5.32 Å². The van der Waals surface area contributed by atoms with E-state index in [1.165, 1.54) is 19.3 Å². The van der Waals surface area contributed by atoms with Gasteiger partial charge in [0, 0.05) is 37.2 Å². The molecular formula is C22H33N3O2. The van der Waals surface area contributed by atoms with Crippen molar-refractivity contribution in [1.82, 2.24) is 10.2 Å². The van der Waals surface area contributed by atoms with Crippen LogP contribution in [-0.4, -0.2) is 35.8 Å². The van der Waals surface area contributed by atoms with Crippen molar-refractivity contribution in [1.29, 1.82) is 0 Å². The molecule has 2 aliphatic carbocycles. The van der Waals surface area contributed by atoms with Gasteiger partial charge in [0.05, 0.1) is 0 Å². The summed E-state index contributed by atoms with van der Waals surface area (Å²) in [5, 5.41) is 3.09. The molecule has 3 rings (SSSR count). The summed E-state index contributed by atoms with van der Waals surface area (Å²) in [6.07, 6.45) is 5.46. The highest BCUT2D eigenvalue weighted by atomic mass is 16.2. The molecule has 2 atom stereocenters. The van der Waals surface area contributed by atoms with Gasteiger partial charge in [0.15, 0.2) is 0 Å². The van der Waals surface area contributed by atoms with Gasteiger partial charge in [-0.05, 0) is 69.1 Å². The molecule has 0 heterocycles. The molecule has 2 aliphatic rings. The van der Waals surface area contributed by atoms with Gasteiger partial charge in [-0.15, -0.1) is 0 Å². The Bertz CT molecular complexity index is 640. The number of benzene rings is 1. The van der Waals surface area contributed by atoms with Gasteiger partial charge in [0.2, 0.25) is 5.91 Å². The molecular weight excluding hydrogens is 338 g/mol. The molecule has 1 aromatic rings. The maximum Gasteiger partial charge on any atom is 0.253 e. The van der Waals surface area contributed by atoms with Gasteiger partial charge in [0.1, 0.15) is 0 Å². The number of fused-ring (bicyclic) bond motifs is 2. The molecule has 2 amide bonds. The normalized spacial score (nSPS) is 27.1. The molecule has 0 aromatic heterocycles. The molecule has 0 radical (unpaired) electrons. The second-order valence-corrected chi connectivity index (χ2v) is 8.09. The fourth-order valence-corrected chi connectivity index (χ4v) is 4.80. The van der Waals surface area contributed by atoms with Crippen LogP contribution < -0.4 is 11.1 Å². The lowest BCUT2D eigenvalue weighted by atomic mass is 9.65. The molecule has 0 spiro atoms. The lowest BCUT2D eigenvalue weighted by molar-refractivity contribution is -0.128. The Morgan fingerprint density at radius 2 is 1.67 bits per heavy atom. The number of nitrogens with zero attached hydrogens (tertiary/aromatic N) is 1. The van der Waals surface area contributed by atoms with E-state index in [1.807, 2.05) is 38.1 Å². The molecule has 2 bridgehead atoms. The first-order chi connectivity index (χ1) is 13.0. The van der Waals surface area contributed by atoms with Gasteiger partial charge in [-0.25, -0.2) is 0 Å². The summed E-state index contributed by atoms with van der Waals surface area (Å²) in [7, 11) is 0. The highest BCUT2D eigenvalue weighted by Gasteiger charge is 2.40. The predicted octanol–water partition coefficient (Wildman–Crippen LogP) is 2.94. The van der Waals surface area contributed by atoms with Crippen molar-refractivity contribution >= 4 is 11.8 Å². The van der Waals surface area contributed by atoms with E-state index in [4.69, 9.17) is 5.73 Å². The SMILES string of the molecule is CCN(CC)C(=O)c1ccc(CNC(=O)C2CC3CCCC(C2)C3N)cc1. The van der Waals surface area contributed by atoms with Gasteiger partial charge in [-0.2, -0.15) is 0 Å². The summed E-state index contributed by atoms with van der Waals surface area (Å²) < 4.78 is 0. The minimum atomic E-state index is 0.0562. The quantitative estimate of drug-likeness (QED) is 0.807. The van der Waals surface area contributed by atoms with Crippen LogP contribution in [0.15, 0.2) is 24.3 Å². The molecule has 2 fully saturated rings. The zero-order valence-electron chi connectivity index (χ0n) is 16.6. The number of nitrogens with two attached hydrogens (primary N) is 1. The lowest BCUT2D eigenvalue weighted by Gasteiger charge is -2.43. The summed E-state index contributed by atoms with van der Waals surface area (Å²) in [6, 6.07) is 7.86. The molecule has 148 valence electrons. The van der Waals surface area contributed by atoms with Crippen molar-refractivity contribution in [2.45, 2.75) is 58.5 Å². The van der Waals surface area contributed by atoms with Crippen LogP contribution in [0.5, 0.6) is 0 Å². The van der Waals surface area contributed by atoms with Crippen LogP contribution in [0.4, 0.5) is 0 Å².